The number of amides is 3. The molecule has 2 saturated carbocycles. The lowest BCUT2D eigenvalue weighted by Gasteiger charge is -2.28. The molecule has 7 heteroatoms. The Kier molecular flexibility index (Phi) is 5.42. The number of carbonyl (C=O) groups excluding carboxylic acids is 3. The molecule has 0 spiro atoms. The maximum Gasteiger partial charge on any atom is 0.244 e. The van der Waals surface area contributed by atoms with Crippen LogP contribution >= 0.6 is 31.9 Å². The zero-order valence-corrected chi connectivity index (χ0v) is 19.1. The van der Waals surface area contributed by atoms with Crippen LogP contribution in [0.3, 0.4) is 0 Å². The van der Waals surface area contributed by atoms with Crippen molar-refractivity contribution in [2.75, 3.05) is 11.9 Å². The number of likely N-dealkylation sites (tertiary alicyclic amines) is 1. The van der Waals surface area contributed by atoms with Gasteiger partial charge in [-0.05, 0) is 42.2 Å². The summed E-state index contributed by atoms with van der Waals surface area (Å²) in [7, 11) is 0. The smallest absolute Gasteiger partial charge is 0.244 e. The Labute approximate surface area is 181 Å². The van der Waals surface area contributed by atoms with E-state index in [0.29, 0.717) is 0 Å². The van der Waals surface area contributed by atoms with E-state index in [1.807, 2.05) is 32.0 Å². The van der Waals surface area contributed by atoms with Crippen molar-refractivity contribution < 1.29 is 14.4 Å². The molecule has 2 aliphatic carbocycles. The molecule has 1 saturated heterocycles. The van der Waals surface area contributed by atoms with E-state index in [-0.39, 0.29) is 57.6 Å². The van der Waals surface area contributed by atoms with Gasteiger partial charge in [0.05, 0.1) is 11.8 Å². The number of fused-ring (bicyclic) bond motifs is 5. The van der Waals surface area contributed by atoms with Crippen LogP contribution in [-0.2, 0) is 27.2 Å². The molecule has 1 heterocycles. The topological polar surface area (TPSA) is 66.5 Å². The number of aryl methyl sites for hydroxylation is 2. The Morgan fingerprint density at radius 2 is 1.54 bits per heavy atom. The molecule has 2 bridgehead atoms. The molecule has 0 aromatic heterocycles. The third kappa shape index (κ3) is 2.96. The number of halogens is 2. The molecule has 150 valence electrons. The number of imide groups is 1. The third-order valence-corrected chi connectivity index (χ3v) is 9.85. The van der Waals surface area contributed by atoms with Crippen LogP contribution in [0.5, 0.6) is 0 Å². The van der Waals surface area contributed by atoms with Crippen LogP contribution in [0, 0.1) is 23.7 Å². The van der Waals surface area contributed by atoms with Crippen LogP contribution in [0.2, 0.25) is 0 Å². The second-order valence-electron chi connectivity index (χ2n) is 7.97. The van der Waals surface area contributed by atoms with Crippen molar-refractivity contribution in [3.05, 3.63) is 29.3 Å². The minimum Gasteiger partial charge on any atom is -0.324 e. The quantitative estimate of drug-likeness (QED) is 0.485. The molecule has 1 aliphatic heterocycles. The summed E-state index contributed by atoms with van der Waals surface area (Å²) in [5.41, 5.74) is 2.94. The number of nitrogens with one attached hydrogen (secondary N) is 1. The van der Waals surface area contributed by atoms with Crippen molar-refractivity contribution in [3.63, 3.8) is 0 Å². The van der Waals surface area contributed by atoms with E-state index >= 15 is 0 Å². The van der Waals surface area contributed by atoms with Crippen molar-refractivity contribution in [2.45, 2.75) is 42.8 Å². The molecule has 0 unspecified atom stereocenters. The number of hydrogen-bond acceptors (Lipinski definition) is 3. The van der Waals surface area contributed by atoms with Crippen LogP contribution in [-0.4, -0.2) is 38.8 Å². The molecule has 3 amide bonds. The number of hydrogen-bond donors (Lipinski definition) is 1. The number of alkyl halides is 2. The Morgan fingerprint density at radius 3 is 2.00 bits per heavy atom. The molecule has 1 aromatic carbocycles. The van der Waals surface area contributed by atoms with E-state index in [9.17, 15) is 14.4 Å². The Morgan fingerprint density at radius 1 is 1.04 bits per heavy atom. The molecule has 5 nitrogen and oxygen atoms in total. The summed E-state index contributed by atoms with van der Waals surface area (Å²) in [5, 5.41) is 2.97. The summed E-state index contributed by atoms with van der Waals surface area (Å²) in [4.78, 5) is 40.3. The lowest BCUT2D eigenvalue weighted by Crippen LogP contribution is -2.39. The van der Waals surface area contributed by atoms with Crippen molar-refractivity contribution in [3.8, 4) is 0 Å². The fourth-order valence-electron chi connectivity index (χ4n) is 5.29. The van der Waals surface area contributed by atoms with E-state index in [1.165, 1.54) is 4.90 Å². The number of para-hydroxylation sites is 1. The number of carbonyl (C=O) groups is 3. The van der Waals surface area contributed by atoms with E-state index in [1.54, 1.807) is 0 Å². The Hall–Kier alpha value is -1.21. The molecular formula is C21H24Br2N2O3. The number of nitrogens with zero attached hydrogens (tertiary/aromatic N) is 1. The van der Waals surface area contributed by atoms with Gasteiger partial charge in [0.15, 0.2) is 0 Å². The highest BCUT2D eigenvalue weighted by Gasteiger charge is 2.66. The zero-order chi connectivity index (χ0) is 20.2. The molecule has 3 aliphatic rings. The predicted molar refractivity (Wildman–Crippen MR) is 115 cm³/mol. The molecule has 4 rings (SSSR count). The molecule has 0 radical (unpaired) electrons. The van der Waals surface area contributed by atoms with Gasteiger partial charge in [0, 0.05) is 15.3 Å². The Bertz CT molecular complexity index is 789. The van der Waals surface area contributed by atoms with E-state index in [4.69, 9.17) is 0 Å². The van der Waals surface area contributed by atoms with Crippen molar-refractivity contribution in [1.29, 1.82) is 0 Å². The van der Waals surface area contributed by atoms with Gasteiger partial charge in [-0.25, -0.2) is 0 Å². The first-order valence-corrected chi connectivity index (χ1v) is 11.8. The first kappa shape index (κ1) is 20.1. The van der Waals surface area contributed by atoms with Gasteiger partial charge in [-0.15, -0.1) is 0 Å². The van der Waals surface area contributed by atoms with Crippen molar-refractivity contribution in [2.24, 2.45) is 23.7 Å². The van der Waals surface area contributed by atoms with Gasteiger partial charge in [-0.3, -0.25) is 19.3 Å². The largest absolute Gasteiger partial charge is 0.324 e. The van der Waals surface area contributed by atoms with Gasteiger partial charge in [0.1, 0.15) is 6.54 Å². The first-order chi connectivity index (χ1) is 13.4. The molecule has 28 heavy (non-hydrogen) atoms. The summed E-state index contributed by atoms with van der Waals surface area (Å²) in [6.45, 7) is 3.88. The lowest BCUT2D eigenvalue weighted by molar-refractivity contribution is -0.143. The average Bonchev–Trinajstić information content (AvgIpc) is 3.29. The Balaban J connectivity index is 1.51. The highest BCUT2D eigenvalue weighted by atomic mass is 79.9. The standard InChI is InChI=1S/C21H24Br2N2O3/c1-3-10-6-5-7-11(4-2)19(10)24-14(26)9-25-20(27)15-12-8-13(16(15)21(25)28)18(23)17(12)22/h5-7,12-13,15-18H,3-4,8-9H2,1-2H3,(H,24,26)/t12-,13-,15-,16-,17-,18+/m1/s1. The molecular weight excluding hydrogens is 488 g/mol. The first-order valence-electron chi connectivity index (χ1n) is 9.92. The SMILES string of the molecule is CCc1cccc(CC)c1NC(=O)CN1C(=O)[C@@H]2[C@H]3C[C@@H]([C@@H](Br)[C@H]3Br)[C@H]2C1=O. The fraction of sp³-hybridized carbons (Fsp3) is 0.571. The maximum absolute atomic E-state index is 13.0. The average molecular weight is 512 g/mol. The maximum atomic E-state index is 13.0. The van der Waals surface area contributed by atoms with Gasteiger partial charge >= 0.3 is 0 Å². The van der Waals surface area contributed by atoms with Crippen LogP contribution < -0.4 is 5.32 Å². The lowest BCUT2D eigenvalue weighted by atomic mass is 9.81. The second-order valence-corrected chi connectivity index (χ2v) is 10.1. The number of benzene rings is 1. The molecule has 6 atom stereocenters. The van der Waals surface area contributed by atoms with Crippen LogP contribution in [0.25, 0.3) is 0 Å². The van der Waals surface area contributed by atoms with E-state index in [0.717, 1.165) is 36.1 Å². The highest BCUT2D eigenvalue weighted by molar-refractivity contribution is 9.12. The van der Waals surface area contributed by atoms with E-state index in [2.05, 4.69) is 37.2 Å². The minimum atomic E-state index is -0.310. The van der Waals surface area contributed by atoms with Crippen LogP contribution in [0.4, 0.5) is 5.69 Å². The number of rotatable bonds is 5. The van der Waals surface area contributed by atoms with Gasteiger partial charge in [-0.1, -0.05) is 63.9 Å². The van der Waals surface area contributed by atoms with Gasteiger partial charge < -0.3 is 5.32 Å². The van der Waals surface area contributed by atoms with Crippen LogP contribution in [0.1, 0.15) is 31.4 Å². The molecule has 1 N–H and O–H groups in total. The second kappa shape index (κ2) is 7.56. The summed E-state index contributed by atoms with van der Waals surface area (Å²) in [5.74, 6) is -0.902. The van der Waals surface area contributed by atoms with Gasteiger partial charge in [-0.2, -0.15) is 0 Å². The normalized spacial score (nSPS) is 33.5. The summed E-state index contributed by atoms with van der Waals surface area (Å²) in [6.07, 6.45) is 2.50. The molecule has 3 fully saturated rings. The third-order valence-electron chi connectivity index (χ3n) is 6.64. The minimum absolute atomic E-state index is 0.163. The summed E-state index contributed by atoms with van der Waals surface area (Å²) >= 11 is 7.37. The molecule has 1 aromatic rings. The fourth-order valence-corrected chi connectivity index (χ4v) is 7.17. The highest BCUT2D eigenvalue weighted by Crippen LogP contribution is 2.60. The zero-order valence-electron chi connectivity index (χ0n) is 16.0. The van der Waals surface area contributed by atoms with E-state index < -0.39 is 0 Å². The van der Waals surface area contributed by atoms with Crippen molar-refractivity contribution in [1.82, 2.24) is 4.90 Å². The summed E-state index contributed by atoms with van der Waals surface area (Å²) in [6, 6.07) is 5.98. The van der Waals surface area contributed by atoms with Crippen LogP contribution in [0.15, 0.2) is 18.2 Å². The van der Waals surface area contributed by atoms with Crippen molar-refractivity contribution >= 4 is 55.3 Å². The van der Waals surface area contributed by atoms with Gasteiger partial charge in [0.25, 0.3) is 0 Å². The van der Waals surface area contributed by atoms with Gasteiger partial charge in [0.2, 0.25) is 17.7 Å². The monoisotopic (exact) mass is 510 g/mol. The predicted octanol–water partition coefficient (Wildman–Crippen LogP) is 3.53. The number of anilines is 1. The summed E-state index contributed by atoms with van der Waals surface area (Å²) < 4.78 is 0.